The SMILES string of the molecule is COc1nc(-c2cccc(-c3cccc(NC(=O)c4nn(C)c(=O)n(C)c4=O)c3C)c2Cl)cc2c1[C@@H](NC[C@@H]1CCC(=O)N1)CC2. The van der Waals surface area contributed by atoms with Crippen molar-refractivity contribution in [3.8, 4) is 28.3 Å². The lowest BCUT2D eigenvalue weighted by molar-refractivity contribution is -0.119. The van der Waals surface area contributed by atoms with Gasteiger partial charge in [-0.2, -0.15) is 5.10 Å². The van der Waals surface area contributed by atoms with Crippen LogP contribution < -0.4 is 31.9 Å². The molecule has 2 aliphatic rings. The van der Waals surface area contributed by atoms with Crippen LogP contribution in [0.5, 0.6) is 5.88 Å². The van der Waals surface area contributed by atoms with E-state index >= 15 is 0 Å². The van der Waals surface area contributed by atoms with Crippen molar-refractivity contribution in [3.05, 3.63) is 90.7 Å². The number of aryl methyl sites for hydroxylation is 2. The van der Waals surface area contributed by atoms with Crippen molar-refractivity contribution in [2.45, 2.75) is 44.7 Å². The third-order valence-electron chi connectivity index (χ3n) is 8.73. The van der Waals surface area contributed by atoms with E-state index in [0.29, 0.717) is 35.2 Å². The maximum absolute atomic E-state index is 13.1. The molecule has 2 amide bonds. The maximum Gasteiger partial charge on any atom is 0.346 e. The lowest BCUT2D eigenvalue weighted by Gasteiger charge is -2.20. The Labute approximate surface area is 269 Å². The number of hydrogen-bond acceptors (Lipinski definition) is 8. The van der Waals surface area contributed by atoms with Gasteiger partial charge in [0.1, 0.15) is 0 Å². The van der Waals surface area contributed by atoms with Crippen LogP contribution in [-0.2, 0) is 25.3 Å². The number of halogens is 1. The summed E-state index contributed by atoms with van der Waals surface area (Å²) in [5.41, 5.74) is 4.49. The summed E-state index contributed by atoms with van der Waals surface area (Å²) in [6.45, 7) is 2.53. The van der Waals surface area contributed by atoms with E-state index in [9.17, 15) is 19.2 Å². The molecular weight excluding hydrogens is 610 g/mol. The smallest absolute Gasteiger partial charge is 0.346 e. The first-order valence-corrected chi connectivity index (χ1v) is 15.4. The first-order valence-electron chi connectivity index (χ1n) is 15.0. The average molecular weight is 644 g/mol. The summed E-state index contributed by atoms with van der Waals surface area (Å²) in [6, 6.07) is 13.4. The second-order valence-corrected chi connectivity index (χ2v) is 12.0. The molecule has 3 N–H and O–H groups in total. The number of carbonyl (C=O) groups is 2. The predicted molar refractivity (Wildman–Crippen MR) is 174 cm³/mol. The number of amides is 2. The zero-order valence-electron chi connectivity index (χ0n) is 25.9. The van der Waals surface area contributed by atoms with E-state index in [0.717, 1.165) is 61.9 Å². The molecular formula is C33H34ClN7O5. The van der Waals surface area contributed by atoms with Crippen molar-refractivity contribution in [3.63, 3.8) is 0 Å². The lowest BCUT2D eigenvalue weighted by atomic mass is 9.96. The fraction of sp³-hybridized carbons (Fsp3) is 0.333. The van der Waals surface area contributed by atoms with Gasteiger partial charge in [0, 0.05) is 61.5 Å². The van der Waals surface area contributed by atoms with Crippen LogP contribution in [0.3, 0.4) is 0 Å². The molecule has 0 saturated carbocycles. The number of methoxy groups -OCH3 is 1. The van der Waals surface area contributed by atoms with Gasteiger partial charge in [0.15, 0.2) is 0 Å². The highest BCUT2D eigenvalue weighted by molar-refractivity contribution is 6.36. The number of nitrogens with zero attached hydrogens (tertiary/aromatic N) is 4. The fourth-order valence-electron chi connectivity index (χ4n) is 6.24. The van der Waals surface area contributed by atoms with Crippen molar-refractivity contribution in [2.24, 2.45) is 14.1 Å². The van der Waals surface area contributed by atoms with Gasteiger partial charge >= 0.3 is 5.69 Å². The van der Waals surface area contributed by atoms with E-state index in [1.54, 1.807) is 19.2 Å². The van der Waals surface area contributed by atoms with Crippen LogP contribution in [0.25, 0.3) is 22.4 Å². The van der Waals surface area contributed by atoms with Crippen molar-refractivity contribution in [2.75, 3.05) is 19.0 Å². The molecule has 13 heteroatoms. The molecule has 0 unspecified atom stereocenters. The molecule has 238 valence electrons. The molecule has 0 spiro atoms. The minimum Gasteiger partial charge on any atom is -0.481 e. The molecule has 4 aromatic rings. The molecule has 6 rings (SSSR count). The number of carbonyl (C=O) groups excluding carboxylic acids is 2. The standard InChI is InChI=1S/C33H34ClN7O5/c1-17-20(7-6-10-23(17)37-30(43)29-32(44)40(2)33(45)41(3)39-29)21-8-5-9-22(28(21)34)25-15-18-11-13-24(27(18)31(38-25)46-4)35-16-19-12-14-26(42)36-19/h5-10,15,19,24,35H,11-14,16H2,1-4H3,(H,36,42)(H,37,43)/t19-,24-/m0/s1. The molecule has 12 nitrogen and oxygen atoms in total. The Kier molecular flexibility index (Phi) is 8.49. The zero-order chi connectivity index (χ0) is 32.7. The summed E-state index contributed by atoms with van der Waals surface area (Å²) >= 11 is 7.08. The van der Waals surface area contributed by atoms with Gasteiger partial charge in [0.05, 0.1) is 17.8 Å². The van der Waals surface area contributed by atoms with Gasteiger partial charge in [-0.25, -0.2) is 14.5 Å². The molecule has 0 radical (unpaired) electrons. The minimum atomic E-state index is -0.785. The summed E-state index contributed by atoms with van der Waals surface area (Å²) in [4.78, 5) is 54.2. The van der Waals surface area contributed by atoms with Crippen LogP contribution in [0.1, 0.15) is 52.5 Å². The van der Waals surface area contributed by atoms with E-state index in [2.05, 4.69) is 27.1 Å². The summed E-state index contributed by atoms with van der Waals surface area (Å²) in [6.07, 6.45) is 3.14. The van der Waals surface area contributed by atoms with Gasteiger partial charge in [0.25, 0.3) is 11.5 Å². The van der Waals surface area contributed by atoms with Crippen molar-refractivity contribution in [1.82, 2.24) is 30.0 Å². The van der Waals surface area contributed by atoms with Gasteiger partial charge < -0.3 is 20.7 Å². The quantitative estimate of drug-likeness (QED) is 0.265. The van der Waals surface area contributed by atoms with Crippen LogP contribution in [0, 0.1) is 6.92 Å². The van der Waals surface area contributed by atoms with E-state index in [4.69, 9.17) is 21.3 Å². The topological polar surface area (TPSA) is 149 Å². The Morgan fingerprint density at radius 3 is 2.54 bits per heavy atom. The van der Waals surface area contributed by atoms with Crippen LogP contribution in [0.15, 0.2) is 52.1 Å². The number of hydrogen-bond donors (Lipinski definition) is 3. The number of ether oxygens (including phenoxy) is 1. The lowest BCUT2D eigenvalue weighted by Crippen LogP contribution is -2.43. The molecule has 1 saturated heterocycles. The van der Waals surface area contributed by atoms with Crippen LogP contribution >= 0.6 is 11.6 Å². The van der Waals surface area contributed by atoms with Gasteiger partial charge in [0.2, 0.25) is 17.5 Å². The molecule has 2 aromatic heterocycles. The van der Waals surface area contributed by atoms with Crippen LogP contribution in [0.2, 0.25) is 5.02 Å². The number of nitrogens with one attached hydrogen (secondary N) is 3. The summed E-state index contributed by atoms with van der Waals surface area (Å²) < 4.78 is 7.56. The van der Waals surface area contributed by atoms with Crippen LogP contribution in [-0.4, -0.2) is 50.8 Å². The molecule has 2 atom stereocenters. The summed E-state index contributed by atoms with van der Waals surface area (Å²) in [5.74, 6) is -0.0935. The third-order valence-corrected chi connectivity index (χ3v) is 9.14. The number of aromatic nitrogens is 4. The number of rotatable bonds is 8. The van der Waals surface area contributed by atoms with Crippen molar-refractivity contribution in [1.29, 1.82) is 0 Å². The van der Waals surface area contributed by atoms with E-state index in [1.165, 1.54) is 14.1 Å². The minimum absolute atomic E-state index is 0.0718. The molecule has 0 bridgehead atoms. The van der Waals surface area contributed by atoms with Gasteiger partial charge in [-0.15, -0.1) is 0 Å². The summed E-state index contributed by atoms with van der Waals surface area (Å²) in [5, 5.41) is 13.7. The molecule has 3 heterocycles. The Morgan fingerprint density at radius 2 is 1.80 bits per heavy atom. The Bertz CT molecular complexity index is 2000. The Hall–Kier alpha value is -4.81. The molecule has 1 aliphatic heterocycles. The highest BCUT2D eigenvalue weighted by Gasteiger charge is 2.30. The number of pyridine rings is 1. The zero-order valence-corrected chi connectivity index (χ0v) is 26.7. The maximum atomic E-state index is 13.1. The number of fused-ring (bicyclic) bond motifs is 1. The third kappa shape index (κ3) is 5.69. The van der Waals surface area contributed by atoms with E-state index in [1.807, 2.05) is 31.2 Å². The van der Waals surface area contributed by atoms with E-state index < -0.39 is 22.9 Å². The highest BCUT2D eigenvalue weighted by atomic mass is 35.5. The largest absolute Gasteiger partial charge is 0.481 e. The first-order chi connectivity index (χ1) is 22.1. The monoisotopic (exact) mass is 643 g/mol. The van der Waals surface area contributed by atoms with Gasteiger partial charge in [-0.1, -0.05) is 41.9 Å². The Morgan fingerprint density at radius 1 is 1.07 bits per heavy atom. The van der Waals surface area contributed by atoms with Crippen LogP contribution in [0.4, 0.5) is 5.69 Å². The Balaban J connectivity index is 1.29. The van der Waals surface area contributed by atoms with E-state index in [-0.39, 0.29) is 18.0 Å². The van der Waals surface area contributed by atoms with Gasteiger partial charge in [-0.3, -0.25) is 19.0 Å². The second kappa shape index (κ2) is 12.5. The number of anilines is 1. The summed E-state index contributed by atoms with van der Waals surface area (Å²) in [7, 11) is 4.28. The van der Waals surface area contributed by atoms with Crippen molar-refractivity contribution >= 4 is 29.1 Å². The van der Waals surface area contributed by atoms with Gasteiger partial charge in [-0.05, 0) is 55.0 Å². The molecule has 1 aliphatic carbocycles. The molecule has 46 heavy (non-hydrogen) atoms. The fourth-order valence-corrected chi connectivity index (χ4v) is 6.57. The average Bonchev–Trinajstić information content (AvgIpc) is 3.66. The normalized spacial score (nSPS) is 17.1. The first kappa shape index (κ1) is 31.2. The second-order valence-electron chi connectivity index (χ2n) is 11.6. The highest BCUT2D eigenvalue weighted by Crippen LogP contribution is 2.43. The predicted octanol–water partition coefficient (Wildman–Crippen LogP) is 3.29. The molecule has 2 aromatic carbocycles. The molecule has 1 fully saturated rings. The number of benzene rings is 2. The van der Waals surface area contributed by atoms with Crippen molar-refractivity contribution < 1.29 is 14.3 Å².